The maximum absolute atomic E-state index is 13.0. The number of nitrogen functional groups attached to an aromatic ring is 1. The summed E-state index contributed by atoms with van der Waals surface area (Å²) >= 11 is 0. The SMILES string of the molecule is Nc1cc(C(F)(F)F)ccc1-c1ccc(CC(=O)O)cc1-c1ccc(C(F)(F)F)cc1. The molecule has 0 saturated heterocycles. The monoisotopic (exact) mass is 439 g/mol. The van der Waals surface area contributed by atoms with Crippen molar-refractivity contribution in [2.24, 2.45) is 0 Å². The predicted molar refractivity (Wildman–Crippen MR) is 103 cm³/mol. The molecule has 162 valence electrons. The second-order valence-corrected chi connectivity index (χ2v) is 6.83. The summed E-state index contributed by atoms with van der Waals surface area (Å²) in [5.74, 6) is -1.11. The van der Waals surface area contributed by atoms with Crippen LogP contribution in [0.25, 0.3) is 22.3 Å². The lowest BCUT2D eigenvalue weighted by Crippen LogP contribution is -2.06. The van der Waals surface area contributed by atoms with Crippen LogP contribution in [0.4, 0.5) is 32.0 Å². The highest BCUT2D eigenvalue weighted by Crippen LogP contribution is 2.40. The van der Waals surface area contributed by atoms with E-state index in [1.165, 1.54) is 36.4 Å². The molecule has 31 heavy (non-hydrogen) atoms. The first-order valence-electron chi connectivity index (χ1n) is 8.85. The molecule has 0 saturated carbocycles. The lowest BCUT2D eigenvalue weighted by Gasteiger charge is -2.16. The molecule has 3 aromatic rings. The van der Waals surface area contributed by atoms with Crippen molar-refractivity contribution in [1.29, 1.82) is 0 Å². The van der Waals surface area contributed by atoms with Gasteiger partial charge in [0.15, 0.2) is 0 Å². The molecule has 0 fully saturated rings. The van der Waals surface area contributed by atoms with Crippen LogP contribution in [0, 0.1) is 0 Å². The van der Waals surface area contributed by atoms with Crippen molar-refractivity contribution >= 4 is 11.7 Å². The summed E-state index contributed by atoms with van der Waals surface area (Å²) in [6, 6.07) is 11.4. The Balaban J connectivity index is 2.16. The minimum atomic E-state index is -4.59. The Bertz CT molecular complexity index is 1120. The van der Waals surface area contributed by atoms with E-state index in [0.717, 1.165) is 24.3 Å². The van der Waals surface area contributed by atoms with Crippen molar-refractivity contribution in [2.75, 3.05) is 5.73 Å². The van der Waals surface area contributed by atoms with E-state index < -0.39 is 29.4 Å². The van der Waals surface area contributed by atoms with Gasteiger partial charge in [0.25, 0.3) is 0 Å². The van der Waals surface area contributed by atoms with Crippen LogP contribution in [0.3, 0.4) is 0 Å². The van der Waals surface area contributed by atoms with E-state index in [-0.39, 0.29) is 17.7 Å². The van der Waals surface area contributed by atoms with Crippen molar-refractivity contribution in [3.05, 3.63) is 77.4 Å². The molecule has 0 aliphatic heterocycles. The molecule has 0 aromatic heterocycles. The van der Waals surface area contributed by atoms with Crippen molar-refractivity contribution < 1.29 is 36.2 Å². The zero-order valence-corrected chi connectivity index (χ0v) is 15.7. The minimum absolute atomic E-state index is 0.172. The fourth-order valence-corrected chi connectivity index (χ4v) is 3.17. The normalized spacial score (nSPS) is 12.1. The average molecular weight is 439 g/mol. The number of rotatable bonds is 4. The van der Waals surface area contributed by atoms with Crippen molar-refractivity contribution in [1.82, 2.24) is 0 Å². The summed E-state index contributed by atoms with van der Waals surface area (Å²) in [5.41, 5.74) is 5.53. The maximum atomic E-state index is 13.0. The zero-order valence-electron chi connectivity index (χ0n) is 15.7. The molecule has 0 spiro atoms. The Hall–Kier alpha value is -3.49. The Morgan fingerprint density at radius 3 is 1.81 bits per heavy atom. The number of anilines is 1. The van der Waals surface area contributed by atoms with Crippen LogP contribution < -0.4 is 5.73 Å². The second-order valence-electron chi connectivity index (χ2n) is 6.83. The molecule has 0 amide bonds. The fourth-order valence-electron chi connectivity index (χ4n) is 3.17. The van der Waals surface area contributed by atoms with Gasteiger partial charge in [-0.15, -0.1) is 0 Å². The molecule has 9 heteroatoms. The number of nitrogens with two attached hydrogens (primary N) is 1. The molecule has 0 heterocycles. The third kappa shape index (κ3) is 4.99. The smallest absolute Gasteiger partial charge is 0.416 e. The predicted octanol–water partition coefficient (Wildman–Crippen LogP) is 6.27. The molecule has 0 bridgehead atoms. The van der Waals surface area contributed by atoms with E-state index >= 15 is 0 Å². The molecule has 3 N–H and O–H groups in total. The average Bonchev–Trinajstić information content (AvgIpc) is 2.66. The van der Waals surface area contributed by atoms with E-state index in [9.17, 15) is 31.1 Å². The van der Waals surface area contributed by atoms with Gasteiger partial charge >= 0.3 is 18.3 Å². The van der Waals surface area contributed by atoms with Gasteiger partial charge in [-0.3, -0.25) is 4.79 Å². The maximum Gasteiger partial charge on any atom is 0.416 e. The van der Waals surface area contributed by atoms with E-state index in [1.54, 1.807) is 0 Å². The van der Waals surface area contributed by atoms with Crippen LogP contribution in [-0.4, -0.2) is 11.1 Å². The van der Waals surface area contributed by atoms with Gasteiger partial charge < -0.3 is 10.8 Å². The van der Waals surface area contributed by atoms with Gasteiger partial charge in [-0.1, -0.05) is 30.3 Å². The highest BCUT2D eigenvalue weighted by molar-refractivity contribution is 5.89. The fraction of sp³-hybridized carbons (Fsp3) is 0.136. The number of hydrogen-bond acceptors (Lipinski definition) is 2. The molecule has 0 unspecified atom stereocenters. The number of carboxylic acid groups (broad SMARTS) is 1. The number of carbonyl (C=O) groups is 1. The van der Waals surface area contributed by atoms with Gasteiger partial charge in [-0.2, -0.15) is 26.3 Å². The summed E-state index contributed by atoms with van der Waals surface area (Å²) in [5, 5.41) is 9.04. The molecule has 3 aromatic carbocycles. The molecule has 0 aliphatic carbocycles. The van der Waals surface area contributed by atoms with Gasteiger partial charge in [0, 0.05) is 11.3 Å². The van der Waals surface area contributed by atoms with Gasteiger partial charge in [-0.25, -0.2) is 0 Å². The van der Waals surface area contributed by atoms with Gasteiger partial charge in [0.1, 0.15) is 0 Å². The summed E-state index contributed by atoms with van der Waals surface area (Å²) in [6.07, 6.45) is -9.46. The quantitative estimate of drug-likeness (QED) is 0.372. The lowest BCUT2D eigenvalue weighted by atomic mass is 9.90. The molecule has 3 rings (SSSR count). The largest absolute Gasteiger partial charge is 0.481 e. The second kappa shape index (κ2) is 7.98. The van der Waals surface area contributed by atoms with Crippen LogP contribution in [0.1, 0.15) is 16.7 Å². The topological polar surface area (TPSA) is 63.3 Å². The molecule has 3 nitrogen and oxygen atoms in total. The third-order valence-electron chi connectivity index (χ3n) is 4.63. The molecule has 0 atom stereocenters. The highest BCUT2D eigenvalue weighted by Gasteiger charge is 2.31. The Kier molecular flexibility index (Phi) is 5.71. The third-order valence-corrected chi connectivity index (χ3v) is 4.63. The minimum Gasteiger partial charge on any atom is -0.481 e. The molecular weight excluding hydrogens is 424 g/mol. The van der Waals surface area contributed by atoms with E-state index in [1.807, 2.05) is 0 Å². The van der Waals surface area contributed by atoms with Crippen LogP contribution in [0.15, 0.2) is 60.7 Å². The van der Waals surface area contributed by atoms with Crippen molar-refractivity contribution in [3.8, 4) is 22.3 Å². The number of halogens is 6. The van der Waals surface area contributed by atoms with Crippen LogP contribution in [-0.2, 0) is 23.6 Å². The van der Waals surface area contributed by atoms with E-state index in [0.29, 0.717) is 22.3 Å². The van der Waals surface area contributed by atoms with Crippen molar-refractivity contribution in [2.45, 2.75) is 18.8 Å². The first kappa shape index (κ1) is 22.2. The number of aliphatic carboxylic acids is 1. The Labute approximate surface area is 172 Å². The zero-order chi connectivity index (χ0) is 23.0. The van der Waals surface area contributed by atoms with Gasteiger partial charge in [0.05, 0.1) is 17.5 Å². The summed E-state index contributed by atoms with van der Waals surface area (Å²) in [7, 11) is 0. The van der Waals surface area contributed by atoms with E-state index in [2.05, 4.69) is 0 Å². The Morgan fingerprint density at radius 1 is 0.742 bits per heavy atom. The number of hydrogen-bond donors (Lipinski definition) is 2. The molecule has 0 radical (unpaired) electrons. The summed E-state index contributed by atoms with van der Waals surface area (Å²) < 4.78 is 77.5. The van der Waals surface area contributed by atoms with Crippen molar-refractivity contribution in [3.63, 3.8) is 0 Å². The molecule has 0 aliphatic rings. The molecular formula is C22H15F6NO2. The van der Waals surface area contributed by atoms with Crippen LogP contribution in [0.2, 0.25) is 0 Å². The van der Waals surface area contributed by atoms with Gasteiger partial charge in [-0.05, 0) is 52.6 Å². The Morgan fingerprint density at radius 2 is 1.29 bits per heavy atom. The van der Waals surface area contributed by atoms with Crippen LogP contribution in [0.5, 0.6) is 0 Å². The lowest BCUT2D eigenvalue weighted by molar-refractivity contribution is -0.138. The van der Waals surface area contributed by atoms with Gasteiger partial charge in [0.2, 0.25) is 0 Å². The van der Waals surface area contributed by atoms with E-state index in [4.69, 9.17) is 10.8 Å². The number of alkyl halides is 6. The number of benzene rings is 3. The first-order valence-corrected chi connectivity index (χ1v) is 8.85. The summed E-state index contributed by atoms with van der Waals surface area (Å²) in [4.78, 5) is 11.1. The standard InChI is InChI=1S/C22H15F6NO2/c23-21(24,25)14-4-2-13(3-5-14)18-9-12(10-20(30)31)1-7-16(18)17-8-6-15(11-19(17)29)22(26,27)28/h1-9,11H,10,29H2,(H,30,31). The van der Waals surface area contributed by atoms with Crippen LogP contribution >= 0.6 is 0 Å². The first-order chi connectivity index (χ1) is 14.4. The summed E-state index contributed by atoms with van der Waals surface area (Å²) in [6.45, 7) is 0. The highest BCUT2D eigenvalue weighted by atomic mass is 19.4. The number of carboxylic acids is 1.